The number of carbonyl (C=O) groups is 1. The lowest BCUT2D eigenvalue weighted by Crippen LogP contribution is -2.05. The second kappa shape index (κ2) is 7.40. The predicted molar refractivity (Wildman–Crippen MR) is 99.6 cm³/mol. The molecule has 2 aromatic heterocycles. The van der Waals surface area contributed by atoms with Gasteiger partial charge in [0.1, 0.15) is 11.3 Å². The van der Waals surface area contributed by atoms with Crippen molar-refractivity contribution in [3.63, 3.8) is 0 Å². The Balaban J connectivity index is 1.81. The molecule has 0 fully saturated rings. The van der Waals surface area contributed by atoms with Crippen molar-refractivity contribution in [2.24, 2.45) is 0 Å². The Morgan fingerprint density at radius 3 is 2.74 bits per heavy atom. The van der Waals surface area contributed by atoms with E-state index in [0.717, 1.165) is 64.5 Å². The van der Waals surface area contributed by atoms with Crippen LogP contribution in [0, 0.1) is 11.6 Å². The minimum Gasteiger partial charge on any atom is -0.481 e. The summed E-state index contributed by atoms with van der Waals surface area (Å²) in [6, 6.07) is 3.97. The lowest BCUT2D eigenvalue weighted by Gasteiger charge is -2.15. The number of hydrogen-bond acceptors (Lipinski definition) is 5. The second-order valence-electron chi connectivity index (χ2n) is 6.20. The van der Waals surface area contributed by atoms with Gasteiger partial charge >= 0.3 is 5.97 Å². The summed E-state index contributed by atoms with van der Waals surface area (Å²) in [5.74, 6) is -2.77. The first-order valence-corrected chi connectivity index (χ1v) is 10.2. The van der Waals surface area contributed by atoms with Crippen molar-refractivity contribution in [1.29, 1.82) is 0 Å². The van der Waals surface area contributed by atoms with Crippen LogP contribution in [0.1, 0.15) is 24.0 Å². The Morgan fingerprint density at radius 2 is 2.00 bits per heavy atom. The summed E-state index contributed by atoms with van der Waals surface area (Å²) in [7, 11) is 0. The van der Waals surface area contributed by atoms with Gasteiger partial charge in [-0.1, -0.05) is 17.8 Å². The molecule has 0 spiro atoms. The van der Waals surface area contributed by atoms with E-state index in [1.54, 1.807) is 17.0 Å². The molecule has 0 aliphatic heterocycles. The summed E-state index contributed by atoms with van der Waals surface area (Å²) in [5, 5.41) is 18.3. The fourth-order valence-electron chi connectivity index (χ4n) is 3.27. The van der Waals surface area contributed by atoms with E-state index in [9.17, 15) is 13.6 Å². The summed E-state index contributed by atoms with van der Waals surface area (Å²) in [6.45, 7) is 0. The molecular formula is C18H15F2N3O2S2. The number of thioether (sulfide) groups is 1. The number of carboxylic acids is 1. The average Bonchev–Trinajstić information content (AvgIpc) is 3.26. The number of fused-ring (bicyclic) bond motifs is 1. The highest BCUT2D eigenvalue weighted by atomic mass is 32.2. The van der Waals surface area contributed by atoms with E-state index in [0.29, 0.717) is 10.7 Å². The fourth-order valence-corrected chi connectivity index (χ4v) is 5.33. The number of aliphatic carboxylic acids is 1. The van der Waals surface area contributed by atoms with Gasteiger partial charge in [-0.25, -0.2) is 8.78 Å². The average molecular weight is 407 g/mol. The van der Waals surface area contributed by atoms with Crippen LogP contribution < -0.4 is 0 Å². The number of halogens is 2. The molecule has 0 bridgehead atoms. The molecule has 0 amide bonds. The summed E-state index contributed by atoms with van der Waals surface area (Å²) >= 11 is 2.59. The van der Waals surface area contributed by atoms with Crippen LogP contribution >= 0.6 is 23.1 Å². The van der Waals surface area contributed by atoms with Gasteiger partial charge in [-0.15, -0.1) is 21.5 Å². The van der Waals surface area contributed by atoms with Crippen LogP contribution in [0.15, 0.2) is 29.7 Å². The standard InChI is InChI=1S/C18H15F2N3O2S2/c19-13-6-5-10(7-14(13)20)16-11-3-1-2-4-12(11)17(27-16)23-9-21-22-18(23)26-8-15(24)25/h5-7,9H,1-4,8H2,(H,24,25). The first kappa shape index (κ1) is 18.1. The molecule has 0 atom stereocenters. The van der Waals surface area contributed by atoms with Crippen LogP contribution in [0.5, 0.6) is 0 Å². The van der Waals surface area contributed by atoms with E-state index in [4.69, 9.17) is 5.11 Å². The van der Waals surface area contributed by atoms with Gasteiger partial charge in [0.25, 0.3) is 0 Å². The Bertz CT molecular complexity index is 1020. The number of rotatable bonds is 5. The van der Waals surface area contributed by atoms with Gasteiger partial charge in [-0.05, 0) is 54.5 Å². The molecular weight excluding hydrogens is 392 g/mol. The maximum atomic E-state index is 13.8. The SMILES string of the molecule is O=C(O)CSc1nncn1-c1sc(-c2ccc(F)c(F)c2)c2c1CCCC2. The van der Waals surface area contributed by atoms with Crippen LogP contribution in [0.3, 0.4) is 0 Å². The lowest BCUT2D eigenvalue weighted by atomic mass is 9.91. The first-order chi connectivity index (χ1) is 13.0. The largest absolute Gasteiger partial charge is 0.481 e. The molecule has 1 aromatic carbocycles. The van der Waals surface area contributed by atoms with Crippen LogP contribution in [0.25, 0.3) is 15.4 Å². The molecule has 0 radical (unpaired) electrons. The summed E-state index contributed by atoms with van der Waals surface area (Å²) < 4.78 is 28.9. The van der Waals surface area contributed by atoms with Crippen LogP contribution in [-0.4, -0.2) is 31.6 Å². The Morgan fingerprint density at radius 1 is 1.22 bits per heavy atom. The van der Waals surface area contributed by atoms with Crippen molar-refractivity contribution in [3.05, 3.63) is 47.3 Å². The monoisotopic (exact) mass is 407 g/mol. The van der Waals surface area contributed by atoms with E-state index >= 15 is 0 Å². The topological polar surface area (TPSA) is 68.0 Å². The molecule has 0 saturated heterocycles. The van der Waals surface area contributed by atoms with E-state index in [-0.39, 0.29) is 5.75 Å². The minimum atomic E-state index is -0.926. The van der Waals surface area contributed by atoms with Crippen LogP contribution in [-0.2, 0) is 17.6 Å². The Kier molecular flexibility index (Phi) is 4.96. The number of hydrogen-bond donors (Lipinski definition) is 1. The van der Waals surface area contributed by atoms with E-state index < -0.39 is 17.6 Å². The van der Waals surface area contributed by atoms with Gasteiger partial charge in [-0.3, -0.25) is 9.36 Å². The Hall–Kier alpha value is -2.26. The minimum absolute atomic E-state index is 0.109. The molecule has 3 aromatic rings. The van der Waals surface area contributed by atoms with Crippen molar-refractivity contribution in [1.82, 2.24) is 14.8 Å². The highest BCUT2D eigenvalue weighted by Gasteiger charge is 2.25. The van der Waals surface area contributed by atoms with Crippen molar-refractivity contribution in [2.45, 2.75) is 30.8 Å². The van der Waals surface area contributed by atoms with Crippen molar-refractivity contribution < 1.29 is 18.7 Å². The molecule has 5 nitrogen and oxygen atoms in total. The van der Waals surface area contributed by atoms with Gasteiger partial charge in [0, 0.05) is 4.88 Å². The zero-order valence-electron chi connectivity index (χ0n) is 14.1. The van der Waals surface area contributed by atoms with Gasteiger partial charge in [0.2, 0.25) is 0 Å². The van der Waals surface area contributed by atoms with Gasteiger partial charge in [-0.2, -0.15) is 0 Å². The summed E-state index contributed by atoms with van der Waals surface area (Å²) in [4.78, 5) is 11.8. The maximum absolute atomic E-state index is 13.8. The molecule has 27 heavy (non-hydrogen) atoms. The molecule has 1 N–H and O–H groups in total. The molecule has 140 valence electrons. The highest BCUT2D eigenvalue weighted by molar-refractivity contribution is 7.99. The molecule has 0 unspecified atom stereocenters. The third-order valence-corrected chi connectivity index (χ3v) is 6.69. The molecule has 2 heterocycles. The predicted octanol–water partition coefficient (Wildman–Crippen LogP) is 4.33. The van der Waals surface area contributed by atoms with Crippen LogP contribution in [0.2, 0.25) is 0 Å². The van der Waals surface area contributed by atoms with Crippen LogP contribution in [0.4, 0.5) is 8.78 Å². The molecule has 4 rings (SSSR count). The third kappa shape index (κ3) is 3.49. The smallest absolute Gasteiger partial charge is 0.313 e. The Labute approximate surface area is 162 Å². The van der Waals surface area contributed by atoms with E-state index in [1.165, 1.54) is 17.4 Å². The fraction of sp³-hybridized carbons (Fsp3) is 0.278. The quantitative estimate of drug-likeness (QED) is 0.638. The van der Waals surface area contributed by atoms with Gasteiger partial charge in [0.05, 0.1) is 5.75 Å². The first-order valence-electron chi connectivity index (χ1n) is 8.39. The van der Waals surface area contributed by atoms with Gasteiger partial charge < -0.3 is 5.11 Å². The number of thiophene rings is 1. The molecule has 1 aliphatic carbocycles. The number of nitrogens with zero attached hydrogens (tertiary/aromatic N) is 3. The number of benzene rings is 1. The molecule has 9 heteroatoms. The molecule has 1 aliphatic rings. The normalized spacial score (nSPS) is 13.6. The van der Waals surface area contributed by atoms with Gasteiger partial charge in [0.15, 0.2) is 16.8 Å². The molecule has 0 saturated carbocycles. The number of carboxylic acid groups (broad SMARTS) is 1. The van der Waals surface area contributed by atoms with Crippen molar-refractivity contribution >= 4 is 29.1 Å². The van der Waals surface area contributed by atoms with Crippen molar-refractivity contribution in [2.75, 3.05) is 5.75 Å². The highest BCUT2D eigenvalue weighted by Crippen LogP contribution is 2.43. The summed E-state index contributed by atoms with van der Waals surface area (Å²) in [6.07, 6.45) is 5.42. The van der Waals surface area contributed by atoms with E-state index in [2.05, 4.69) is 10.2 Å². The number of aromatic nitrogens is 3. The lowest BCUT2D eigenvalue weighted by molar-refractivity contribution is -0.133. The zero-order chi connectivity index (χ0) is 19.0. The van der Waals surface area contributed by atoms with Crippen molar-refractivity contribution in [3.8, 4) is 15.4 Å². The second-order valence-corrected chi connectivity index (χ2v) is 8.14. The summed E-state index contributed by atoms with van der Waals surface area (Å²) in [5.41, 5.74) is 2.95. The van der Waals surface area contributed by atoms with E-state index in [1.807, 2.05) is 0 Å². The zero-order valence-corrected chi connectivity index (χ0v) is 15.7. The maximum Gasteiger partial charge on any atom is 0.313 e. The third-order valence-electron chi connectivity index (χ3n) is 4.44.